The Hall–Kier alpha value is -3.94. The van der Waals surface area contributed by atoms with Crippen molar-refractivity contribution in [2.75, 3.05) is 16.0 Å². The lowest BCUT2D eigenvalue weighted by Crippen LogP contribution is -2.30. The van der Waals surface area contributed by atoms with Gasteiger partial charge in [-0.3, -0.25) is 14.4 Å². The zero-order valence-electron chi connectivity index (χ0n) is 15.1. The van der Waals surface area contributed by atoms with Gasteiger partial charge in [-0.1, -0.05) is 12.1 Å². The number of anilines is 3. The second-order valence-corrected chi connectivity index (χ2v) is 6.54. The fourth-order valence-electron chi connectivity index (χ4n) is 3.18. The van der Waals surface area contributed by atoms with E-state index in [0.29, 0.717) is 22.6 Å². The number of carbonyl (C=O) groups is 3. The molecule has 3 aromatic rings. The molecule has 4 rings (SSSR count). The van der Waals surface area contributed by atoms with E-state index in [9.17, 15) is 18.8 Å². The summed E-state index contributed by atoms with van der Waals surface area (Å²) in [5.74, 6) is -2.26. The number of hydrogen-bond acceptors (Lipinski definition) is 4. The summed E-state index contributed by atoms with van der Waals surface area (Å²) in [6.45, 7) is 0. The summed E-state index contributed by atoms with van der Waals surface area (Å²) in [5, 5.41) is 8.00. The minimum absolute atomic E-state index is 0.0423. The Bertz CT molecular complexity index is 1100. The van der Waals surface area contributed by atoms with Crippen molar-refractivity contribution >= 4 is 34.8 Å². The van der Waals surface area contributed by atoms with Gasteiger partial charge < -0.3 is 20.4 Å². The molecular formula is C21H16FN3O4. The van der Waals surface area contributed by atoms with Crippen molar-refractivity contribution in [3.63, 3.8) is 0 Å². The van der Waals surface area contributed by atoms with Crippen LogP contribution in [0.2, 0.25) is 0 Å². The molecule has 0 saturated carbocycles. The molecule has 0 radical (unpaired) electrons. The smallest absolute Gasteiger partial charge is 0.291 e. The molecule has 0 saturated heterocycles. The fourth-order valence-corrected chi connectivity index (χ4v) is 3.18. The minimum Gasteiger partial charge on any atom is -0.459 e. The summed E-state index contributed by atoms with van der Waals surface area (Å²) in [5.41, 5.74) is 1.75. The lowest BCUT2D eigenvalue weighted by atomic mass is 9.89. The highest BCUT2D eigenvalue weighted by atomic mass is 19.1. The van der Waals surface area contributed by atoms with Gasteiger partial charge in [0.1, 0.15) is 5.82 Å². The zero-order chi connectivity index (χ0) is 20.4. The van der Waals surface area contributed by atoms with E-state index in [2.05, 4.69) is 16.0 Å². The van der Waals surface area contributed by atoms with Crippen LogP contribution in [0.3, 0.4) is 0 Å². The first-order valence-electron chi connectivity index (χ1n) is 8.85. The molecule has 146 valence electrons. The van der Waals surface area contributed by atoms with Crippen molar-refractivity contribution in [2.24, 2.45) is 0 Å². The molecule has 3 amide bonds. The number of amides is 3. The van der Waals surface area contributed by atoms with Crippen molar-refractivity contribution < 1.29 is 23.2 Å². The van der Waals surface area contributed by atoms with Crippen molar-refractivity contribution in [3.8, 4) is 0 Å². The van der Waals surface area contributed by atoms with Gasteiger partial charge in [0.2, 0.25) is 11.8 Å². The average molecular weight is 393 g/mol. The Balaban J connectivity index is 1.50. The van der Waals surface area contributed by atoms with E-state index in [1.807, 2.05) is 0 Å². The summed E-state index contributed by atoms with van der Waals surface area (Å²) in [6, 6.07) is 13.7. The van der Waals surface area contributed by atoms with Gasteiger partial charge in [-0.2, -0.15) is 0 Å². The Labute approximate surface area is 164 Å². The van der Waals surface area contributed by atoms with Gasteiger partial charge in [0.25, 0.3) is 5.91 Å². The lowest BCUT2D eigenvalue weighted by molar-refractivity contribution is -0.123. The molecule has 0 spiro atoms. The van der Waals surface area contributed by atoms with Crippen molar-refractivity contribution in [2.45, 2.75) is 12.3 Å². The molecule has 1 atom stereocenters. The molecule has 8 heteroatoms. The summed E-state index contributed by atoms with van der Waals surface area (Å²) < 4.78 is 18.5. The highest BCUT2D eigenvalue weighted by Crippen LogP contribution is 2.33. The predicted octanol–water partition coefficient (Wildman–Crippen LogP) is 3.74. The third-order valence-corrected chi connectivity index (χ3v) is 4.50. The number of nitrogens with one attached hydrogen (secondary N) is 3. The summed E-state index contributed by atoms with van der Waals surface area (Å²) in [6.07, 6.45) is 1.36. The Kier molecular flexibility index (Phi) is 4.82. The number of rotatable bonds is 4. The highest BCUT2D eigenvalue weighted by molar-refractivity contribution is 6.06. The molecule has 29 heavy (non-hydrogen) atoms. The van der Waals surface area contributed by atoms with Crippen LogP contribution in [0.5, 0.6) is 0 Å². The first kappa shape index (κ1) is 18.4. The minimum atomic E-state index is -0.749. The van der Waals surface area contributed by atoms with Crippen LogP contribution >= 0.6 is 0 Å². The largest absolute Gasteiger partial charge is 0.459 e. The molecule has 1 aromatic heterocycles. The summed E-state index contributed by atoms with van der Waals surface area (Å²) >= 11 is 0. The number of hydrogen-bond donors (Lipinski definition) is 3. The number of fused-ring (bicyclic) bond motifs is 1. The molecule has 2 heterocycles. The molecule has 1 aliphatic heterocycles. The Morgan fingerprint density at radius 2 is 1.83 bits per heavy atom. The van der Waals surface area contributed by atoms with Gasteiger partial charge in [-0.15, -0.1) is 0 Å². The highest BCUT2D eigenvalue weighted by Gasteiger charge is 2.31. The van der Waals surface area contributed by atoms with Crippen LogP contribution in [0.25, 0.3) is 0 Å². The van der Waals surface area contributed by atoms with Crippen molar-refractivity contribution in [1.82, 2.24) is 0 Å². The van der Waals surface area contributed by atoms with Crippen molar-refractivity contribution in [1.29, 1.82) is 0 Å². The van der Waals surface area contributed by atoms with E-state index < -0.39 is 23.5 Å². The fraction of sp³-hybridized carbons (Fsp3) is 0.0952. The van der Waals surface area contributed by atoms with E-state index in [1.165, 1.54) is 30.5 Å². The molecule has 2 aromatic carbocycles. The van der Waals surface area contributed by atoms with E-state index in [-0.39, 0.29) is 18.1 Å². The number of halogens is 1. The zero-order valence-corrected chi connectivity index (χ0v) is 15.1. The SMILES string of the molecule is O=C1CC(C(=O)Nc2cccc(NC(=O)c3ccco3)c2)c2ccc(F)cc2N1. The maximum absolute atomic E-state index is 13.5. The number of furan rings is 1. The Morgan fingerprint density at radius 1 is 1.03 bits per heavy atom. The molecule has 0 fully saturated rings. The molecule has 0 aliphatic carbocycles. The normalized spacial score (nSPS) is 15.2. The van der Waals surface area contributed by atoms with Crippen LogP contribution in [0.1, 0.15) is 28.5 Å². The van der Waals surface area contributed by atoms with Crippen LogP contribution in [-0.4, -0.2) is 17.7 Å². The van der Waals surface area contributed by atoms with Gasteiger partial charge >= 0.3 is 0 Å². The standard InChI is InChI=1S/C21H16FN3O4/c22-12-6-7-15-16(11-19(26)25-17(15)9-12)20(27)23-13-3-1-4-14(10-13)24-21(28)18-5-2-8-29-18/h1-10,16H,11H2,(H,23,27)(H,24,28)(H,25,26). The van der Waals surface area contributed by atoms with Gasteiger partial charge in [0.15, 0.2) is 5.76 Å². The molecular weight excluding hydrogens is 377 g/mol. The van der Waals surface area contributed by atoms with Crippen LogP contribution in [0.4, 0.5) is 21.5 Å². The van der Waals surface area contributed by atoms with E-state index >= 15 is 0 Å². The van der Waals surface area contributed by atoms with Crippen LogP contribution in [0, 0.1) is 5.82 Å². The monoisotopic (exact) mass is 393 g/mol. The maximum Gasteiger partial charge on any atom is 0.291 e. The maximum atomic E-state index is 13.5. The topological polar surface area (TPSA) is 100 Å². The quantitative estimate of drug-likeness (QED) is 0.629. The summed E-state index contributed by atoms with van der Waals surface area (Å²) in [7, 11) is 0. The lowest BCUT2D eigenvalue weighted by Gasteiger charge is -2.25. The second-order valence-electron chi connectivity index (χ2n) is 6.54. The first-order valence-corrected chi connectivity index (χ1v) is 8.85. The van der Waals surface area contributed by atoms with Crippen LogP contribution in [-0.2, 0) is 9.59 Å². The van der Waals surface area contributed by atoms with E-state index in [0.717, 1.165) is 0 Å². The number of carbonyl (C=O) groups excluding carboxylic acids is 3. The van der Waals surface area contributed by atoms with Crippen molar-refractivity contribution in [3.05, 3.63) is 78.0 Å². The number of benzene rings is 2. The molecule has 0 bridgehead atoms. The average Bonchev–Trinajstić information content (AvgIpc) is 3.22. The molecule has 1 aliphatic rings. The molecule has 1 unspecified atom stereocenters. The van der Waals surface area contributed by atoms with Crippen LogP contribution in [0.15, 0.2) is 65.3 Å². The van der Waals surface area contributed by atoms with E-state index in [4.69, 9.17) is 4.42 Å². The van der Waals surface area contributed by atoms with Crippen LogP contribution < -0.4 is 16.0 Å². The van der Waals surface area contributed by atoms with E-state index in [1.54, 1.807) is 30.3 Å². The van der Waals surface area contributed by atoms with Gasteiger partial charge in [-0.05, 0) is 48.0 Å². The van der Waals surface area contributed by atoms with Gasteiger partial charge in [0, 0.05) is 23.5 Å². The van der Waals surface area contributed by atoms with Gasteiger partial charge in [0.05, 0.1) is 12.2 Å². The molecule has 7 nitrogen and oxygen atoms in total. The second kappa shape index (κ2) is 7.59. The molecule has 3 N–H and O–H groups in total. The third-order valence-electron chi connectivity index (χ3n) is 4.50. The first-order chi connectivity index (χ1) is 14.0. The third kappa shape index (κ3) is 4.01. The summed E-state index contributed by atoms with van der Waals surface area (Å²) in [4.78, 5) is 36.8. The Morgan fingerprint density at radius 3 is 2.59 bits per heavy atom. The van der Waals surface area contributed by atoms with Gasteiger partial charge in [-0.25, -0.2) is 4.39 Å². The predicted molar refractivity (Wildman–Crippen MR) is 104 cm³/mol.